The van der Waals surface area contributed by atoms with E-state index in [1.54, 1.807) is 14.0 Å². The van der Waals surface area contributed by atoms with E-state index in [4.69, 9.17) is 9.47 Å². The predicted octanol–water partition coefficient (Wildman–Crippen LogP) is 3.87. The molecule has 0 radical (unpaired) electrons. The maximum absolute atomic E-state index is 13.9. The van der Waals surface area contributed by atoms with Gasteiger partial charge in [-0.25, -0.2) is 9.18 Å². The number of hydrogen-bond acceptors (Lipinski definition) is 6. The monoisotopic (exact) mass is 502 g/mol. The van der Waals surface area contributed by atoms with Crippen molar-refractivity contribution in [2.24, 2.45) is 45.8 Å². The summed E-state index contributed by atoms with van der Waals surface area (Å²) in [6, 6.07) is 0. The molecule has 3 unspecified atom stereocenters. The van der Waals surface area contributed by atoms with E-state index >= 15 is 0 Å². The summed E-state index contributed by atoms with van der Waals surface area (Å²) in [6.07, 6.45) is 6.32. The third kappa shape index (κ3) is 3.32. The van der Waals surface area contributed by atoms with Crippen LogP contribution in [0.3, 0.4) is 0 Å². The zero-order valence-electron chi connectivity index (χ0n) is 21.6. The number of hydrogen-bond donors (Lipinski definition) is 1. The number of nitrogens with one attached hydrogen (secondary N) is 1. The number of rotatable bonds is 4. The van der Waals surface area contributed by atoms with Crippen molar-refractivity contribution in [2.75, 3.05) is 26.7 Å². The molecular weight excluding hydrogens is 463 g/mol. The number of carbonyl (C=O) groups excluding carboxylic acids is 3. The van der Waals surface area contributed by atoms with Gasteiger partial charge in [0.2, 0.25) is 5.91 Å². The molecule has 2 amide bonds. The fraction of sp³-hybridized carbons (Fsp3) is 0.821. The van der Waals surface area contributed by atoms with E-state index in [0.717, 1.165) is 51.6 Å². The average Bonchev–Trinajstić information content (AvgIpc) is 3.17. The van der Waals surface area contributed by atoms with Crippen LogP contribution in [0.5, 0.6) is 0 Å². The van der Waals surface area contributed by atoms with Gasteiger partial charge in [-0.1, -0.05) is 6.92 Å². The normalized spacial score (nSPS) is 50.8. The fourth-order valence-electron chi connectivity index (χ4n) is 9.68. The quantitative estimate of drug-likeness (QED) is 0.628. The lowest BCUT2D eigenvalue weighted by Gasteiger charge is -2.54. The molecule has 1 spiro atoms. The Morgan fingerprint density at radius 3 is 2.61 bits per heavy atom. The number of nitrogens with zero attached hydrogens (tertiary/aromatic N) is 1. The molecule has 4 saturated carbocycles. The number of Topliss-reactive ketones (excluding diaryl/α,β-unsaturated/α-hetero) is 1. The van der Waals surface area contributed by atoms with Gasteiger partial charge in [-0.3, -0.25) is 14.9 Å². The SMILES string of the molecule is CO[C@@H]1CCC23CC[C@H]4C[C@@]4(C12)[C@H](OC(=O)NC(=O)[C@H]1CN2CC[C@@H]1C2)C[C@@](C)(/C=C/F)C(=O)[C@@H]3C. The van der Waals surface area contributed by atoms with E-state index in [1.807, 2.05) is 6.92 Å². The van der Waals surface area contributed by atoms with E-state index < -0.39 is 17.6 Å². The molecule has 8 heteroatoms. The lowest BCUT2D eigenvalue weighted by Crippen LogP contribution is -2.57. The molecule has 36 heavy (non-hydrogen) atoms. The molecule has 0 aromatic carbocycles. The zero-order chi connectivity index (χ0) is 25.5. The van der Waals surface area contributed by atoms with E-state index in [9.17, 15) is 18.8 Å². The first kappa shape index (κ1) is 24.5. The van der Waals surface area contributed by atoms with Gasteiger partial charge in [-0.15, -0.1) is 0 Å². The topological polar surface area (TPSA) is 84.9 Å². The molecule has 7 nitrogen and oxygen atoms in total. The van der Waals surface area contributed by atoms with Crippen LogP contribution in [0.25, 0.3) is 0 Å². The number of fused-ring (bicyclic) bond motifs is 2. The van der Waals surface area contributed by atoms with Gasteiger partial charge in [0.15, 0.2) is 0 Å². The van der Waals surface area contributed by atoms with Crippen molar-refractivity contribution in [3.63, 3.8) is 0 Å². The Labute approximate surface area is 212 Å². The Kier molecular flexibility index (Phi) is 5.69. The maximum atomic E-state index is 13.9. The van der Waals surface area contributed by atoms with Crippen LogP contribution in [0.15, 0.2) is 12.4 Å². The van der Waals surface area contributed by atoms with Gasteiger partial charge in [-0.2, -0.15) is 0 Å². The second-order valence-corrected chi connectivity index (χ2v) is 12.9. The van der Waals surface area contributed by atoms with Crippen molar-refractivity contribution in [1.82, 2.24) is 10.2 Å². The second kappa shape index (κ2) is 8.35. The van der Waals surface area contributed by atoms with Crippen LogP contribution in [0.2, 0.25) is 0 Å². The Bertz CT molecular complexity index is 1000. The van der Waals surface area contributed by atoms with Crippen LogP contribution in [0.1, 0.15) is 58.8 Å². The number of halogens is 1. The van der Waals surface area contributed by atoms with Crippen molar-refractivity contribution < 1.29 is 28.2 Å². The van der Waals surface area contributed by atoms with Gasteiger partial charge in [0.25, 0.3) is 0 Å². The molecule has 4 bridgehead atoms. The number of piperidine rings is 1. The molecule has 6 aliphatic rings. The molecule has 11 atom stereocenters. The molecule has 1 N–H and O–H groups in total. The summed E-state index contributed by atoms with van der Waals surface area (Å²) in [5.41, 5.74) is -1.61. The first-order chi connectivity index (χ1) is 17.2. The smallest absolute Gasteiger partial charge is 0.414 e. The first-order valence-corrected chi connectivity index (χ1v) is 13.8. The molecule has 0 aromatic heterocycles. The summed E-state index contributed by atoms with van der Waals surface area (Å²) >= 11 is 0. The summed E-state index contributed by atoms with van der Waals surface area (Å²) in [4.78, 5) is 42.3. The summed E-state index contributed by atoms with van der Waals surface area (Å²) < 4.78 is 25.8. The molecule has 6 rings (SSSR count). The van der Waals surface area contributed by atoms with Crippen LogP contribution in [0.4, 0.5) is 9.18 Å². The summed E-state index contributed by atoms with van der Waals surface area (Å²) in [5.74, 6) is 0.110. The minimum Gasteiger partial charge on any atom is -0.445 e. The van der Waals surface area contributed by atoms with Crippen molar-refractivity contribution in [1.29, 1.82) is 0 Å². The van der Waals surface area contributed by atoms with Crippen LogP contribution in [0, 0.1) is 45.8 Å². The molecule has 6 fully saturated rings. The predicted molar refractivity (Wildman–Crippen MR) is 129 cm³/mol. The number of allylic oxidation sites excluding steroid dienone is 1. The summed E-state index contributed by atoms with van der Waals surface area (Å²) in [7, 11) is 1.74. The van der Waals surface area contributed by atoms with Crippen LogP contribution in [-0.2, 0) is 19.1 Å². The van der Waals surface area contributed by atoms with E-state index in [1.165, 1.54) is 6.08 Å². The molecule has 2 aliphatic heterocycles. The van der Waals surface area contributed by atoms with Gasteiger partial charge in [0.1, 0.15) is 11.9 Å². The highest BCUT2D eigenvalue weighted by Gasteiger charge is 2.77. The second-order valence-electron chi connectivity index (χ2n) is 12.9. The molecule has 198 valence electrons. The van der Waals surface area contributed by atoms with Crippen molar-refractivity contribution in [2.45, 2.75) is 71.0 Å². The molecular formula is C28H39FN2O5. The molecule has 4 aliphatic carbocycles. The Morgan fingerprint density at radius 2 is 1.94 bits per heavy atom. The third-order valence-electron chi connectivity index (χ3n) is 11.5. The van der Waals surface area contributed by atoms with Crippen LogP contribution < -0.4 is 5.32 Å². The minimum atomic E-state index is -1.08. The number of imide groups is 1. The Balaban J connectivity index is 1.31. The third-order valence-corrected chi connectivity index (χ3v) is 11.5. The lowest BCUT2D eigenvalue weighted by atomic mass is 9.50. The maximum Gasteiger partial charge on any atom is 0.414 e. The highest BCUT2D eigenvalue weighted by molar-refractivity contribution is 5.94. The van der Waals surface area contributed by atoms with E-state index in [2.05, 4.69) is 10.2 Å². The fourth-order valence-corrected chi connectivity index (χ4v) is 9.68. The largest absolute Gasteiger partial charge is 0.445 e. The molecule has 2 heterocycles. The molecule has 2 saturated heterocycles. The van der Waals surface area contributed by atoms with Crippen molar-refractivity contribution >= 4 is 17.8 Å². The van der Waals surface area contributed by atoms with E-state index in [-0.39, 0.29) is 52.8 Å². The minimum absolute atomic E-state index is 0.00510. The lowest BCUT2D eigenvalue weighted by molar-refractivity contribution is -0.157. The number of ether oxygens (including phenoxy) is 2. The van der Waals surface area contributed by atoms with Gasteiger partial charge in [-0.05, 0) is 75.3 Å². The highest BCUT2D eigenvalue weighted by atomic mass is 19.1. The van der Waals surface area contributed by atoms with E-state index in [0.29, 0.717) is 24.7 Å². The Morgan fingerprint density at radius 1 is 1.17 bits per heavy atom. The average molecular weight is 503 g/mol. The first-order valence-electron chi connectivity index (χ1n) is 13.8. The number of carbonyl (C=O) groups is 3. The van der Waals surface area contributed by atoms with Crippen LogP contribution in [-0.4, -0.2) is 61.6 Å². The van der Waals surface area contributed by atoms with Crippen molar-refractivity contribution in [3.8, 4) is 0 Å². The highest BCUT2D eigenvalue weighted by Crippen LogP contribution is 2.78. The number of alkyl carbamates (subject to hydrolysis) is 1. The number of methoxy groups -OCH3 is 1. The standard InChI is InChI=1S/C28H39FN2O5/c1-16-23(32)26(2,9-10-29)13-21(36-25(34)30-24(33)19-15-31-11-6-17(19)14-31)28-12-18(28)4-7-27(16)8-5-20(35-3)22(27)28/h9-10,16-22H,4-8,11-15H2,1-3H3,(H,30,33,34)/b10-9+/t16-,17+,18-,19-,20+,21+,22?,26+,27?,28-/m0/s1. The van der Waals surface area contributed by atoms with Gasteiger partial charge >= 0.3 is 6.09 Å². The van der Waals surface area contributed by atoms with Gasteiger partial charge in [0, 0.05) is 43.9 Å². The Hall–Kier alpha value is -1.80. The van der Waals surface area contributed by atoms with Crippen molar-refractivity contribution in [3.05, 3.63) is 12.4 Å². The van der Waals surface area contributed by atoms with Gasteiger partial charge in [0.05, 0.1) is 23.8 Å². The number of amides is 2. The summed E-state index contributed by atoms with van der Waals surface area (Å²) in [5, 5.41) is 2.53. The molecule has 0 aromatic rings. The van der Waals surface area contributed by atoms with Crippen LogP contribution >= 0.6 is 0 Å². The van der Waals surface area contributed by atoms with Gasteiger partial charge < -0.3 is 14.4 Å². The summed E-state index contributed by atoms with van der Waals surface area (Å²) in [6.45, 7) is 6.41. The number of ketones is 1. The zero-order valence-corrected chi connectivity index (χ0v) is 21.6.